The number of ether oxygens (including phenoxy) is 1. The maximum Gasteiger partial charge on any atom is 0.294 e. The standard InChI is InChI=1S/C28H29NO5S/c1-18(2)16-23(31)25-26(22-6-3-4-7-24(22)34-14-5-13-30)29(28(33)27(25)32)21-10-8-19(9-11-21)20-12-15-35-17-20/h3-4,6-12,15,17-18,26,30,32H,5,13-14,16H2,1-2H3. The van der Waals surface area contributed by atoms with Gasteiger partial charge in [-0.2, -0.15) is 11.3 Å². The van der Waals surface area contributed by atoms with E-state index in [-0.39, 0.29) is 36.9 Å². The number of Topliss-reactive ketones (excluding diaryl/α,β-unsaturated/α-hetero) is 1. The summed E-state index contributed by atoms with van der Waals surface area (Å²) in [5, 5.41) is 24.1. The summed E-state index contributed by atoms with van der Waals surface area (Å²) in [6, 6.07) is 15.9. The average Bonchev–Trinajstić information content (AvgIpc) is 3.47. The maximum atomic E-state index is 13.4. The molecule has 2 N–H and O–H groups in total. The van der Waals surface area contributed by atoms with E-state index in [4.69, 9.17) is 9.84 Å². The zero-order valence-corrected chi connectivity index (χ0v) is 20.6. The number of thiophene rings is 1. The van der Waals surface area contributed by atoms with Gasteiger partial charge < -0.3 is 14.9 Å². The van der Waals surface area contributed by atoms with Gasteiger partial charge in [-0.3, -0.25) is 14.5 Å². The molecule has 1 atom stereocenters. The highest BCUT2D eigenvalue weighted by Crippen LogP contribution is 2.44. The van der Waals surface area contributed by atoms with Crippen LogP contribution in [0.25, 0.3) is 11.1 Å². The summed E-state index contributed by atoms with van der Waals surface area (Å²) < 4.78 is 5.91. The number of hydrogen-bond acceptors (Lipinski definition) is 6. The van der Waals surface area contributed by atoms with Crippen LogP contribution in [0.2, 0.25) is 0 Å². The molecule has 3 aromatic rings. The van der Waals surface area contributed by atoms with E-state index >= 15 is 0 Å². The van der Waals surface area contributed by atoms with Gasteiger partial charge in [0.25, 0.3) is 5.91 Å². The molecule has 1 aromatic heterocycles. The lowest BCUT2D eigenvalue weighted by Gasteiger charge is -2.28. The topological polar surface area (TPSA) is 87.1 Å². The molecule has 6 nitrogen and oxygen atoms in total. The molecule has 182 valence electrons. The van der Waals surface area contributed by atoms with Crippen molar-refractivity contribution in [3.8, 4) is 16.9 Å². The Hall–Kier alpha value is -3.42. The predicted octanol–water partition coefficient (Wildman–Crippen LogP) is 5.69. The van der Waals surface area contributed by atoms with Crippen molar-refractivity contribution in [1.29, 1.82) is 0 Å². The van der Waals surface area contributed by atoms with Gasteiger partial charge in [-0.15, -0.1) is 0 Å². The summed E-state index contributed by atoms with van der Waals surface area (Å²) >= 11 is 1.61. The first-order valence-electron chi connectivity index (χ1n) is 11.7. The molecule has 35 heavy (non-hydrogen) atoms. The second-order valence-electron chi connectivity index (χ2n) is 8.88. The number of carbonyl (C=O) groups is 2. The zero-order chi connectivity index (χ0) is 24.9. The van der Waals surface area contributed by atoms with E-state index in [2.05, 4.69) is 5.38 Å². The van der Waals surface area contributed by atoms with Crippen molar-refractivity contribution in [3.63, 3.8) is 0 Å². The summed E-state index contributed by atoms with van der Waals surface area (Å²) in [4.78, 5) is 28.1. The minimum atomic E-state index is -0.828. The Morgan fingerprint density at radius 2 is 1.83 bits per heavy atom. The first kappa shape index (κ1) is 24.7. The minimum absolute atomic E-state index is 0.00843. The van der Waals surface area contributed by atoms with Crippen LogP contribution in [-0.4, -0.2) is 35.1 Å². The lowest BCUT2D eigenvalue weighted by molar-refractivity contribution is -0.118. The van der Waals surface area contributed by atoms with E-state index in [1.54, 1.807) is 23.5 Å². The molecule has 0 aliphatic carbocycles. The molecule has 4 rings (SSSR count). The zero-order valence-electron chi connectivity index (χ0n) is 19.8. The van der Waals surface area contributed by atoms with Gasteiger partial charge in [0.15, 0.2) is 11.5 Å². The molecule has 7 heteroatoms. The number of aliphatic hydroxyl groups is 2. The summed E-state index contributed by atoms with van der Waals surface area (Å²) in [5.41, 5.74) is 3.37. The number of aliphatic hydroxyl groups excluding tert-OH is 2. The summed E-state index contributed by atoms with van der Waals surface area (Å²) in [7, 11) is 0. The second-order valence-corrected chi connectivity index (χ2v) is 9.66. The lowest BCUT2D eigenvalue weighted by atomic mass is 9.91. The van der Waals surface area contributed by atoms with Crippen molar-refractivity contribution in [2.45, 2.75) is 32.7 Å². The highest BCUT2D eigenvalue weighted by Gasteiger charge is 2.45. The molecule has 0 saturated heterocycles. The monoisotopic (exact) mass is 491 g/mol. The van der Waals surface area contributed by atoms with Gasteiger partial charge >= 0.3 is 0 Å². The highest BCUT2D eigenvalue weighted by molar-refractivity contribution is 7.08. The summed E-state index contributed by atoms with van der Waals surface area (Å²) in [6.07, 6.45) is 0.660. The lowest BCUT2D eigenvalue weighted by Crippen LogP contribution is -2.31. The molecule has 0 fully saturated rings. The van der Waals surface area contributed by atoms with E-state index < -0.39 is 17.7 Å². The molecular weight excluding hydrogens is 462 g/mol. The van der Waals surface area contributed by atoms with E-state index in [9.17, 15) is 14.7 Å². The molecule has 2 heterocycles. The SMILES string of the molecule is CC(C)CC(=O)C1=C(O)C(=O)N(c2ccc(-c3ccsc3)cc2)C1c1ccccc1OCCCO. The summed E-state index contributed by atoms with van der Waals surface area (Å²) in [6.45, 7) is 4.13. The van der Waals surface area contributed by atoms with Crippen LogP contribution in [0.15, 0.2) is 76.7 Å². The number of para-hydroxylation sites is 1. The van der Waals surface area contributed by atoms with Gasteiger partial charge in [0.05, 0.1) is 18.2 Å². The van der Waals surface area contributed by atoms with Crippen molar-refractivity contribution in [2.75, 3.05) is 18.1 Å². The number of amides is 1. The van der Waals surface area contributed by atoms with E-state index in [0.29, 0.717) is 23.4 Å². The molecule has 0 radical (unpaired) electrons. The average molecular weight is 492 g/mol. The van der Waals surface area contributed by atoms with Crippen molar-refractivity contribution in [3.05, 3.63) is 82.3 Å². The van der Waals surface area contributed by atoms with Crippen LogP contribution in [0.5, 0.6) is 5.75 Å². The fourth-order valence-corrected chi connectivity index (χ4v) is 4.92. The van der Waals surface area contributed by atoms with Gasteiger partial charge in [-0.25, -0.2) is 0 Å². The van der Waals surface area contributed by atoms with Crippen LogP contribution in [0.1, 0.15) is 38.3 Å². The van der Waals surface area contributed by atoms with E-state index in [1.807, 2.05) is 61.7 Å². The molecule has 0 bridgehead atoms. The van der Waals surface area contributed by atoms with Crippen molar-refractivity contribution in [1.82, 2.24) is 0 Å². The van der Waals surface area contributed by atoms with Crippen LogP contribution >= 0.6 is 11.3 Å². The number of benzene rings is 2. The van der Waals surface area contributed by atoms with Crippen LogP contribution in [-0.2, 0) is 9.59 Å². The van der Waals surface area contributed by atoms with Gasteiger partial charge in [-0.1, -0.05) is 44.2 Å². The number of anilines is 1. The van der Waals surface area contributed by atoms with Gasteiger partial charge in [0, 0.05) is 30.7 Å². The molecule has 0 spiro atoms. The number of ketones is 1. The normalized spacial score (nSPS) is 15.8. The Bertz CT molecular complexity index is 1210. The number of carbonyl (C=O) groups excluding carboxylic acids is 2. The van der Waals surface area contributed by atoms with Gasteiger partial charge in [0.1, 0.15) is 5.75 Å². The number of rotatable bonds is 10. The summed E-state index contributed by atoms with van der Waals surface area (Å²) in [5.74, 6) is -0.835. The van der Waals surface area contributed by atoms with Crippen molar-refractivity contribution >= 4 is 28.7 Å². The Balaban J connectivity index is 1.79. The quantitative estimate of drug-likeness (QED) is 0.356. The Labute approximate surface area is 209 Å². The molecule has 1 unspecified atom stereocenters. The smallest absolute Gasteiger partial charge is 0.294 e. The minimum Gasteiger partial charge on any atom is -0.503 e. The predicted molar refractivity (Wildman–Crippen MR) is 138 cm³/mol. The maximum absolute atomic E-state index is 13.4. The van der Waals surface area contributed by atoms with Crippen LogP contribution < -0.4 is 9.64 Å². The van der Waals surface area contributed by atoms with Crippen LogP contribution in [0.3, 0.4) is 0 Å². The van der Waals surface area contributed by atoms with Crippen LogP contribution in [0.4, 0.5) is 5.69 Å². The largest absolute Gasteiger partial charge is 0.503 e. The third-order valence-electron chi connectivity index (χ3n) is 5.88. The molecular formula is C28H29NO5S. The van der Waals surface area contributed by atoms with E-state index in [1.165, 1.54) is 4.90 Å². The number of hydrogen-bond donors (Lipinski definition) is 2. The first-order chi connectivity index (χ1) is 16.9. The second kappa shape index (κ2) is 10.9. The molecule has 1 amide bonds. The Kier molecular flexibility index (Phi) is 7.68. The highest BCUT2D eigenvalue weighted by atomic mass is 32.1. The third-order valence-corrected chi connectivity index (χ3v) is 6.56. The van der Waals surface area contributed by atoms with Crippen molar-refractivity contribution in [2.24, 2.45) is 5.92 Å². The number of nitrogens with zero attached hydrogens (tertiary/aromatic N) is 1. The molecule has 1 aliphatic heterocycles. The van der Waals surface area contributed by atoms with Crippen molar-refractivity contribution < 1.29 is 24.5 Å². The van der Waals surface area contributed by atoms with Crippen LogP contribution in [0, 0.1) is 5.92 Å². The Morgan fingerprint density at radius 1 is 1.09 bits per heavy atom. The molecule has 2 aromatic carbocycles. The van der Waals surface area contributed by atoms with Gasteiger partial charge in [0.2, 0.25) is 0 Å². The van der Waals surface area contributed by atoms with Gasteiger partial charge in [-0.05, 0) is 52.1 Å². The van der Waals surface area contributed by atoms with E-state index in [0.717, 1.165) is 11.1 Å². The fourth-order valence-electron chi connectivity index (χ4n) is 4.26. The first-order valence-corrected chi connectivity index (χ1v) is 12.6. The Morgan fingerprint density at radius 3 is 2.49 bits per heavy atom. The third kappa shape index (κ3) is 5.16. The molecule has 1 aliphatic rings. The fraction of sp³-hybridized carbons (Fsp3) is 0.286. The molecule has 0 saturated carbocycles.